The predicted octanol–water partition coefficient (Wildman–Crippen LogP) is 3.31. The minimum atomic E-state index is -0.908. The van der Waals surface area contributed by atoms with Crippen LogP contribution in [0.1, 0.15) is 58.1 Å². The van der Waals surface area contributed by atoms with Gasteiger partial charge in [-0.25, -0.2) is 4.39 Å². The summed E-state index contributed by atoms with van der Waals surface area (Å²) in [5.74, 6) is 0.233. The van der Waals surface area contributed by atoms with E-state index >= 15 is 0 Å². The summed E-state index contributed by atoms with van der Waals surface area (Å²) in [6.45, 7) is 6.09. The van der Waals surface area contributed by atoms with Gasteiger partial charge in [0.1, 0.15) is 0 Å². The lowest BCUT2D eigenvalue weighted by atomic mass is 9.95. The normalized spacial score (nSPS) is 18.1. The van der Waals surface area contributed by atoms with Gasteiger partial charge in [0, 0.05) is 0 Å². The van der Waals surface area contributed by atoms with Gasteiger partial charge in [-0.1, -0.05) is 19.4 Å². The highest BCUT2D eigenvalue weighted by Crippen LogP contribution is 2.30. The first-order chi connectivity index (χ1) is 10.8. The molecule has 1 fully saturated rings. The number of nitrogens with one attached hydrogen (secondary N) is 1. The van der Waals surface area contributed by atoms with Gasteiger partial charge in [-0.05, 0) is 56.7 Å². The van der Waals surface area contributed by atoms with Crippen LogP contribution in [0.3, 0.4) is 0 Å². The van der Waals surface area contributed by atoms with E-state index in [-0.39, 0.29) is 17.7 Å². The summed E-state index contributed by atoms with van der Waals surface area (Å²) in [5.41, 5.74) is 5.81. The van der Waals surface area contributed by atoms with E-state index in [1.54, 1.807) is 19.1 Å². The van der Waals surface area contributed by atoms with E-state index in [0.29, 0.717) is 24.5 Å². The lowest BCUT2D eigenvalue weighted by molar-refractivity contribution is -0.126. The van der Waals surface area contributed by atoms with Crippen molar-refractivity contribution in [2.75, 3.05) is 6.61 Å². The average molecular weight is 322 g/mol. The van der Waals surface area contributed by atoms with Gasteiger partial charge in [-0.2, -0.15) is 0 Å². The number of rotatable bonds is 8. The van der Waals surface area contributed by atoms with Crippen LogP contribution in [0.4, 0.5) is 4.39 Å². The SMILES string of the molecule is CCCC(C)(N)C(=O)NC(C)c1ccc(OCC2CC2)c(F)c1. The van der Waals surface area contributed by atoms with Crippen molar-refractivity contribution in [3.8, 4) is 5.75 Å². The van der Waals surface area contributed by atoms with Crippen molar-refractivity contribution in [2.24, 2.45) is 11.7 Å². The van der Waals surface area contributed by atoms with Crippen molar-refractivity contribution in [3.63, 3.8) is 0 Å². The third kappa shape index (κ3) is 4.93. The molecule has 2 rings (SSSR count). The van der Waals surface area contributed by atoms with Crippen molar-refractivity contribution < 1.29 is 13.9 Å². The van der Waals surface area contributed by atoms with Gasteiger partial charge in [0.2, 0.25) is 5.91 Å². The Kier molecular flexibility index (Phi) is 5.63. The molecule has 5 heteroatoms. The third-order valence-corrected chi connectivity index (χ3v) is 4.26. The standard InChI is InChI=1S/C18H27FN2O2/c1-4-9-18(3,20)17(22)21-12(2)14-7-8-16(15(19)10-14)23-11-13-5-6-13/h7-8,10,12-13H,4-6,9,11,20H2,1-3H3,(H,21,22). The molecule has 3 N–H and O–H groups in total. The van der Waals surface area contributed by atoms with E-state index in [1.165, 1.54) is 18.9 Å². The van der Waals surface area contributed by atoms with Gasteiger partial charge in [-0.3, -0.25) is 4.79 Å². The lowest BCUT2D eigenvalue weighted by Crippen LogP contribution is -2.52. The number of halogens is 1. The molecule has 0 spiro atoms. The Bertz CT molecular complexity index is 556. The van der Waals surface area contributed by atoms with Gasteiger partial charge in [0.15, 0.2) is 11.6 Å². The molecule has 0 saturated heterocycles. The number of carbonyl (C=O) groups is 1. The van der Waals surface area contributed by atoms with Crippen LogP contribution in [0.15, 0.2) is 18.2 Å². The van der Waals surface area contributed by atoms with Crippen molar-refractivity contribution in [3.05, 3.63) is 29.6 Å². The molecule has 1 aromatic carbocycles. The van der Waals surface area contributed by atoms with Crippen LogP contribution in [-0.4, -0.2) is 18.1 Å². The molecule has 2 atom stereocenters. The monoisotopic (exact) mass is 322 g/mol. The highest BCUT2D eigenvalue weighted by Gasteiger charge is 2.28. The van der Waals surface area contributed by atoms with Gasteiger partial charge < -0.3 is 15.8 Å². The maximum absolute atomic E-state index is 14.1. The van der Waals surface area contributed by atoms with Crippen LogP contribution in [0.5, 0.6) is 5.75 Å². The molecule has 0 bridgehead atoms. The number of nitrogens with two attached hydrogens (primary N) is 1. The summed E-state index contributed by atoms with van der Waals surface area (Å²) in [5, 5.41) is 2.86. The molecule has 23 heavy (non-hydrogen) atoms. The van der Waals surface area contributed by atoms with Crippen LogP contribution in [0, 0.1) is 11.7 Å². The predicted molar refractivity (Wildman–Crippen MR) is 88.7 cm³/mol. The minimum absolute atomic E-state index is 0.221. The number of amides is 1. The summed E-state index contributed by atoms with van der Waals surface area (Å²) < 4.78 is 19.6. The van der Waals surface area contributed by atoms with Crippen molar-refractivity contribution in [1.82, 2.24) is 5.32 Å². The molecule has 4 nitrogen and oxygen atoms in total. The van der Waals surface area contributed by atoms with Crippen molar-refractivity contribution in [2.45, 2.75) is 58.0 Å². The van der Waals surface area contributed by atoms with Gasteiger partial charge in [-0.15, -0.1) is 0 Å². The van der Waals surface area contributed by atoms with Crippen LogP contribution in [-0.2, 0) is 4.79 Å². The summed E-state index contributed by atoms with van der Waals surface area (Å²) in [6, 6.07) is 4.52. The van der Waals surface area contributed by atoms with Crippen LogP contribution >= 0.6 is 0 Å². The highest BCUT2D eigenvalue weighted by molar-refractivity contribution is 5.85. The second-order valence-electron chi connectivity index (χ2n) is 6.81. The highest BCUT2D eigenvalue weighted by atomic mass is 19.1. The number of benzene rings is 1. The second-order valence-corrected chi connectivity index (χ2v) is 6.81. The Morgan fingerprint density at radius 3 is 2.78 bits per heavy atom. The van der Waals surface area contributed by atoms with E-state index in [0.717, 1.165) is 6.42 Å². The fourth-order valence-corrected chi connectivity index (χ4v) is 2.47. The first-order valence-electron chi connectivity index (χ1n) is 8.35. The molecular formula is C18H27FN2O2. The zero-order chi connectivity index (χ0) is 17.0. The maximum atomic E-state index is 14.1. The Hall–Kier alpha value is -1.62. The number of hydrogen-bond acceptors (Lipinski definition) is 3. The van der Waals surface area contributed by atoms with E-state index in [4.69, 9.17) is 10.5 Å². The first-order valence-corrected chi connectivity index (χ1v) is 8.35. The maximum Gasteiger partial charge on any atom is 0.240 e. The van der Waals surface area contributed by atoms with Crippen LogP contribution in [0.2, 0.25) is 0 Å². The molecule has 0 aromatic heterocycles. The topological polar surface area (TPSA) is 64.4 Å². The van der Waals surface area contributed by atoms with E-state index in [9.17, 15) is 9.18 Å². The lowest BCUT2D eigenvalue weighted by Gasteiger charge is -2.25. The Balaban J connectivity index is 1.97. The Labute approximate surface area is 137 Å². The van der Waals surface area contributed by atoms with E-state index in [1.807, 2.05) is 13.8 Å². The van der Waals surface area contributed by atoms with Crippen molar-refractivity contribution >= 4 is 5.91 Å². The number of ether oxygens (including phenoxy) is 1. The van der Waals surface area contributed by atoms with E-state index < -0.39 is 11.4 Å². The van der Waals surface area contributed by atoms with Crippen molar-refractivity contribution in [1.29, 1.82) is 0 Å². The molecule has 1 aromatic rings. The smallest absolute Gasteiger partial charge is 0.240 e. The molecule has 1 saturated carbocycles. The fraction of sp³-hybridized carbons (Fsp3) is 0.611. The summed E-state index contributed by atoms with van der Waals surface area (Å²) in [6.07, 6.45) is 3.76. The van der Waals surface area contributed by atoms with Gasteiger partial charge in [0.05, 0.1) is 18.2 Å². The first kappa shape index (κ1) is 17.7. The molecule has 128 valence electrons. The summed E-state index contributed by atoms with van der Waals surface area (Å²) in [4.78, 5) is 12.2. The zero-order valence-electron chi connectivity index (χ0n) is 14.2. The third-order valence-electron chi connectivity index (χ3n) is 4.26. The summed E-state index contributed by atoms with van der Waals surface area (Å²) >= 11 is 0. The molecule has 0 radical (unpaired) electrons. The molecule has 1 amide bonds. The molecule has 2 unspecified atom stereocenters. The Morgan fingerprint density at radius 1 is 1.52 bits per heavy atom. The number of carbonyl (C=O) groups excluding carboxylic acids is 1. The average Bonchev–Trinajstić information content (AvgIpc) is 3.30. The van der Waals surface area contributed by atoms with Gasteiger partial charge in [0.25, 0.3) is 0 Å². The minimum Gasteiger partial charge on any atom is -0.490 e. The molecule has 1 aliphatic carbocycles. The largest absolute Gasteiger partial charge is 0.490 e. The quantitative estimate of drug-likeness (QED) is 0.772. The summed E-state index contributed by atoms with van der Waals surface area (Å²) in [7, 11) is 0. The number of hydrogen-bond donors (Lipinski definition) is 2. The van der Waals surface area contributed by atoms with E-state index in [2.05, 4.69) is 5.32 Å². The zero-order valence-corrected chi connectivity index (χ0v) is 14.2. The molecule has 0 aliphatic heterocycles. The van der Waals surface area contributed by atoms with Crippen LogP contribution < -0.4 is 15.8 Å². The molecular weight excluding hydrogens is 295 g/mol. The van der Waals surface area contributed by atoms with Gasteiger partial charge >= 0.3 is 0 Å². The Morgan fingerprint density at radius 2 is 2.22 bits per heavy atom. The second kappa shape index (κ2) is 7.30. The fourth-order valence-electron chi connectivity index (χ4n) is 2.47. The molecule has 0 heterocycles. The van der Waals surface area contributed by atoms with Crippen LogP contribution in [0.25, 0.3) is 0 Å². The molecule has 1 aliphatic rings.